The van der Waals surface area contributed by atoms with E-state index in [1.165, 1.54) is 0 Å². The van der Waals surface area contributed by atoms with Crippen LogP contribution in [0.15, 0.2) is 24.3 Å². The standard InChI is InChI=1S/C21H25N3O3/c1-12-16(14(3)24(5)23-12)10-11-19(25)27-15(4)21(26)20-13(2)22-18-9-7-6-8-17(18)20/h6-9,15,22H,10-11H2,1-5H3/t15-/m1/s1. The van der Waals surface area contributed by atoms with E-state index in [2.05, 4.69) is 10.1 Å². The second-order valence-electron chi connectivity index (χ2n) is 6.94. The molecule has 0 saturated carbocycles. The van der Waals surface area contributed by atoms with Gasteiger partial charge in [-0.25, -0.2) is 0 Å². The lowest BCUT2D eigenvalue weighted by Gasteiger charge is -2.13. The number of H-pyrrole nitrogens is 1. The smallest absolute Gasteiger partial charge is 0.306 e. The summed E-state index contributed by atoms with van der Waals surface area (Å²) in [5, 5.41) is 5.21. The maximum absolute atomic E-state index is 12.9. The molecule has 0 amide bonds. The van der Waals surface area contributed by atoms with E-state index in [1.54, 1.807) is 6.92 Å². The molecule has 27 heavy (non-hydrogen) atoms. The Morgan fingerprint density at radius 1 is 1.22 bits per heavy atom. The predicted octanol–water partition coefficient (Wildman–Crippen LogP) is 3.57. The van der Waals surface area contributed by atoms with E-state index >= 15 is 0 Å². The van der Waals surface area contributed by atoms with Crippen molar-refractivity contribution in [3.05, 3.63) is 52.5 Å². The number of esters is 1. The second kappa shape index (κ2) is 7.39. The highest BCUT2D eigenvalue weighted by Crippen LogP contribution is 2.24. The summed E-state index contributed by atoms with van der Waals surface area (Å²) in [6, 6.07) is 7.63. The number of carbonyl (C=O) groups is 2. The van der Waals surface area contributed by atoms with Crippen molar-refractivity contribution in [2.24, 2.45) is 7.05 Å². The number of para-hydroxylation sites is 1. The van der Waals surface area contributed by atoms with Crippen LogP contribution in [-0.4, -0.2) is 32.6 Å². The van der Waals surface area contributed by atoms with Crippen molar-refractivity contribution >= 4 is 22.7 Å². The maximum Gasteiger partial charge on any atom is 0.306 e. The highest BCUT2D eigenvalue weighted by atomic mass is 16.5. The number of benzene rings is 1. The van der Waals surface area contributed by atoms with Crippen molar-refractivity contribution in [3.63, 3.8) is 0 Å². The topological polar surface area (TPSA) is 77.0 Å². The number of carbonyl (C=O) groups excluding carboxylic acids is 2. The molecule has 2 aromatic heterocycles. The van der Waals surface area contributed by atoms with Crippen molar-refractivity contribution in [3.8, 4) is 0 Å². The molecule has 0 aliphatic carbocycles. The molecule has 0 spiro atoms. The Morgan fingerprint density at radius 3 is 2.59 bits per heavy atom. The SMILES string of the molecule is Cc1nn(C)c(C)c1CCC(=O)O[C@H](C)C(=O)c1c(C)[nH]c2ccccc12. The number of hydrogen-bond donors (Lipinski definition) is 1. The number of nitrogens with zero attached hydrogens (tertiary/aromatic N) is 2. The molecule has 2 heterocycles. The second-order valence-corrected chi connectivity index (χ2v) is 6.94. The highest BCUT2D eigenvalue weighted by Gasteiger charge is 2.24. The summed E-state index contributed by atoms with van der Waals surface area (Å²) in [7, 11) is 1.88. The van der Waals surface area contributed by atoms with Crippen molar-refractivity contribution in [1.82, 2.24) is 14.8 Å². The molecule has 1 atom stereocenters. The largest absolute Gasteiger partial charge is 0.454 e. The number of aromatic nitrogens is 3. The fourth-order valence-corrected chi connectivity index (χ4v) is 3.51. The van der Waals surface area contributed by atoms with E-state index in [-0.39, 0.29) is 18.2 Å². The van der Waals surface area contributed by atoms with Gasteiger partial charge in [-0.3, -0.25) is 14.3 Å². The minimum Gasteiger partial charge on any atom is -0.454 e. The van der Waals surface area contributed by atoms with Crippen molar-refractivity contribution in [2.45, 2.75) is 46.6 Å². The highest BCUT2D eigenvalue weighted by molar-refractivity contribution is 6.11. The van der Waals surface area contributed by atoms with Gasteiger partial charge in [-0.05, 0) is 45.7 Å². The molecule has 0 bridgehead atoms. The molecule has 0 saturated heterocycles. The zero-order valence-corrected chi connectivity index (χ0v) is 16.4. The van der Waals surface area contributed by atoms with Crippen molar-refractivity contribution in [1.29, 1.82) is 0 Å². The third kappa shape index (κ3) is 3.65. The molecule has 0 radical (unpaired) electrons. The normalized spacial score (nSPS) is 12.3. The Hall–Kier alpha value is -2.89. The first-order chi connectivity index (χ1) is 12.8. The number of aromatic amines is 1. The van der Waals surface area contributed by atoms with Crippen LogP contribution in [0.25, 0.3) is 10.9 Å². The van der Waals surface area contributed by atoms with Crippen LogP contribution in [0.2, 0.25) is 0 Å². The molecule has 3 aromatic rings. The van der Waals surface area contributed by atoms with E-state index in [0.29, 0.717) is 12.0 Å². The molecule has 0 aliphatic heterocycles. The number of ether oxygens (including phenoxy) is 1. The zero-order chi connectivity index (χ0) is 19.7. The monoisotopic (exact) mass is 367 g/mol. The average Bonchev–Trinajstić information content (AvgIpc) is 3.07. The Kier molecular flexibility index (Phi) is 5.17. The Bertz CT molecular complexity index is 1010. The van der Waals surface area contributed by atoms with Gasteiger partial charge in [-0.15, -0.1) is 0 Å². The molecule has 0 aliphatic rings. The number of rotatable bonds is 6. The summed E-state index contributed by atoms with van der Waals surface area (Å²) in [5.74, 6) is -0.567. The fraction of sp³-hybridized carbons (Fsp3) is 0.381. The number of nitrogens with one attached hydrogen (secondary N) is 1. The van der Waals surface area contributed by atoms with E-state index in [9.17, 15) is 9.59 Å². The lowest BCUT2D eigenvalue weighted by atomic mass is 10.0. The van der Waals surface area contributed by atoms with Crippen LogP contribution in [0.1, 0.15) is 46.3 Å². The quantitative estimate of drug-likeness (QED) is 0.534. The minimum absolute atomic E-state index is 0.188. The Labute approximate surface area is 158 Å². The first-order valence-electron chi connectivity index (χ1n) is 9.09. The lowest BCUT2D eigenvalue weighted by molar-refractivity contribution is -0.146. The Morgan fingerprint density at radius 2 is 1.93 bits per heavy atom. The number of hydrogen-bond acceptors (Lipinski definition) is 4. The fourth-order valence-electron chi connectivity index (χ4n) is 3.51. The first-order valence-corrected chi connectivity index (χ1v) is 9.09. The van der Waals surface area contributed by atoms with Gasteiger partial charge in [0.05, 0.1) is 5.69 Å². The summed E-state index contributed by atoms with van der Waals surface area (Å²) in [6.45, 7) is 7.39. The number of fused-ring (bicyclic) bond motifs is 1. The number of Topliss-reactive ketones (excluding diaryl/α,β-unsaturated/α-hetero) is 1. The zero-order valence-electron chi connectivity index (χ0n) is 16.4. The van der Waals surface area contributed by atoms with Crippen molar-refractivity contribution in [2.75, 3.05) is 0 Å². The van der Waals surface area contributed by atoms with E-state index in [0.717, 1.165) is 33.5 Å². The molecule has 0 unspecified atom stereocenters. The average molecular weight is 367 g/mol. The molecular formula is C21H25N3O3. The van der Waals surface area contributed by atoms with E-state index in [1.807, 2.05) is 56.8 Å². The molecular weight excluding hydrogens is 342 g/mol. The van der Waals surface area contributed by atoms with Gasteiger partial charge in [-0.2, -0.15) is 5.10 Å². The molecule has 0 fully saturated rings. The number of ketones is 1. The van der Waals surface area contributed by atoms with Gasteiger partial charge >= 0.3 is 5.97 Å². The molecule has 1 N–H and O–H groups in total. The summed E-state index contributed by atoms with van der Waals surface area (Å²) < 4.78 is 7.23. The van der Waals surface area contributed by atoms with Crippen LogP contribution in [0.5, 0.6) is 0 Å². The third-order valence-electron chi connectivity index (χ3n) is 5.06. The first kappa shape index (κ1) is 18.9. The Balaban J connectivity index is 1.67. The lowest BCUT2D eigenvalue weighted by Crippen LogP contribution is -2.25. The molecule has 1 aromatic carbocycles. The van der Waals surface area contributed by atoms with E-state index in [4.69, 9.17) is 4.74 Å². The van der Waals surface area contributed by atoms with Gasteiger partial charge in [0.15, 0.2) is 6.10 Å². The molecule has 6 heteroatoms. The number of aryl methyl sites for hydroxylation is 3. The van der Waals surface area contributed by atoms with Crippen LogP contribution in [0.3, 0.4) is 0 Å². The van der Waals surface area contributed by atoms with Crippen LogP contribution in [-0.2, 0) is 23.0 Å². The predicted molar refractivity (Wildman–Crippen MR) is 104 cm³/mol. The van der Waals surface area contributed by atoms with Gasteiger partial charge in [-0.1, -0.05) is 18.2 Å². The summed E-state index contributed by atoms with van der Waals surface area (Å²) in [4.78, 5) is 28.3. The van der Waals surface area contributed by atoms with Crippen molar-refractivity contribution < 1.29 is 14.3 Å². The van der Waals surface area contributed by atoms with Gasteiger partial charge in [0.2, 0.25) is 5.78 Å². The third-order valence-corrected chi connectivity index (χ3v) is 5.06. The minimum atomic E-state index is -0.827. The molecule has 142 valence electrons. The molecule has 6 nitrogen and oxygen atoms in total. The van der Waals surface area contributed by atoms with Crippen LogP contribution in [0, 0.1) is 20.8 Å². The van der Waals surface area contributed by atoms with Crippen LogP contribution >= 0.6 is 0 Å². The van der Waals surface area contributed by atoms with E-state index < -0.39 is 6.10 Å². The summed E-state index contributed by atoms with van der Waals surface area (Å²) in [6.07, 6.45) is -0.0543. The summed E-state index contributed by atoms with van der Waals surface area (Å²) in [5.41, 5.74) is 5.29. The van der Waals surface area contributed by atoms with Crippen LogP contribution in [0.4, 0.5) is 0 Å². The van der Waals surface area contributed by atoms with Crippen LogP contribution < -0.4 is 0 Å². The van der Waals surface area contributed by atoms with Gasteiger partial charge in [0.1, 0.15) is 0 Å². The molecule has 3 rings (SSSR count). The van der Waals surface area contributed by atoms with Gasteiger partial charge < -0.3 is 9.72 Å². The maximum atomic E-state index is 12.9. The van der Waals surface area contributed by atoms with Gasteiger partial charge in [0.25, 0.3) is 0 Å². The van der Waals surface area contributed by atoms with Gasteiger partial charge in [0, 0.05) is 41.3 Å². The summed E-state index contributed by atoms with van der Waals surface area (Å²) >= 11 is 0.